The Morgan fingerprint density at radius 2 is 2.00 bits per heavy atom. The molecule has 0 fully saturated rings. The minimum absolute atomic E-state index is 0.0821. The number of hydrogen-bond donors (Lipinski definition) is 1. The summed E-state index contributed by atoms with van der Waals surface area (Å²) >= 11 is 1.60. The van der Waals surface area contributed by atoms with Crippen LogP contribution in [-0.4, -0.2) is 19.1 Å². The first-order valence-electron chi connectivity index (χ1n) is 8.05. The normalized spacial score (nSPS) is 14.8. The molecule has 4 nitrogen and oxygen atoms in total. The fraction of sp³-hybridized carbons (Fsp3) is 0.316. The van der Waals surface area contributed by atoms with E-state index in [0.717, 1.165) is 21.9 Å². The highest BCUT2D eigenvalue weighted by Crippen LogP contribution is 2.34. The maximum absolute atomic E-state index is 12.3. The van der Waals surface area contributed by atoms with Crippen LogP contribution in [0.1, 0.15) is 30.3 Å². The molecule has 1 aliphatic rings. The van der Waals surface area contributed by atoms with Gasteiger partial charge in [-0.2, -0.15) is 0 Å². The molecule has 0 radical (unpaired) electrons. The lowest BCUT2D eigenvalue weighted by atomic mass is 9.95. The van der Waals surface area contributed by atoms with Crippen molar-refractivity contribution in [1.29, 1.82) is 0 Å². The SMILES string of the molecule is CC(C)[C@@H](NC(=O)/C=C\c1cccs1)c1ccc2c(c1)OCCO2. The van der Waals surface area contributed by atoms with Gasteiger partial charge >= 0.3 is 0 Å². The third-order valence-corrected chi connectivity index (χ3v) is 4.67. The highest BCUT2D eigenvalue weighted by atomic mass is 32.1. The summed E-state index contributed by atoms with van der Waals surface area (Å²) in [5, 5.41) is 5.07. The number of carbonyl (C=O) groups excluding carboxylic acids is 1. The summed E-state index contributed by atoms with van der Waals surface area (Å²) in [6.45, 7) is 5.30. The number of nitrogens with one attached hydrogen (secondary N) is 1. The Bertz CT molecular complexity index is 722. The quantitative estimate of drug-likeness (QED) is 0.833. The summed E-state index contributed by atoms with van der Waals surface area (Å²) < 4.78 is 11.2. The third-order valence-electron chi connectivity index (χ3n) is 3.83. The summed E-state index contributed by atoms with van der Waals surface area (Å²) in [5.74, 6) is 1.66. The van der Waals surface area contributed by atoms with Crippen molar-refractivity contribution in [2.75, 3.05) is 13.2 Å². The summed E-state index contributed by atoms with van der Waals surface area (Å²) in [6.07, 6.45) is 3.42. The lowest BCUT2D eigenvalue weighted by Gasteiger charge is -2.25. The van der Waals surface area contributed by atoms with Gasteiger partial charge in [-0.25, -0.2) is 0 Å². The van der Waals surface area contributed by atoms with Crippen molar-refractivity contribution in [2.24, 2.45) is 5.92 Å². The number of benzene rings is 1. The summed E-state index contributed by atoms with van der Waals surface area (Å²) in [7, 11) is 0. The molecule has 24 heavy (non-hydrogen) atoms. The van der Waals surface area contributed by atoms with E-state index in [0.29, 0.717) is 13.2 Å². The van der Waals surface area contributed by atoms with Gasteiger partial charge in [-0.05, 0) is 41.1 Å². The number of hydrogen-bond acceptors (Lipinski definition) is 4. The van der Waals surface area contributed by atoms with Crippen LogP contribution in [0.5, 0.6) is 11.5 Å². The zero-order valence-corrected chi connectivity index (χ0v) is 14.6. The van der Waals surface area contributed by atoms with Crippen molar-refractivity contribution in [2.45, 2.75) is 19.9 Å². The molecule has 1 aromatic heterocycles. The number of thiophene rings is 1. The van der Waals surface area contributed by atoms with Crippen molar-refractivity contribution >= 4 is 23.3 Å². The fourth-order valence-corrected chi connectivity index (χ4v) is 3.25. The molecule has 126 valence electrons. The van der Waals surface area contributed by atoms with Gasteiger partial charge in [0.15, 0.2) is 11.5 Å². The van der Waals surface area contributed by atoms with Gasteiger partial charge in [0.1, 0.15) is 13.2 Å². The minimum Gasteiger partial charge on any atom is -0.486 e. The summed E-state index contributed by atoms with van der Waals surface area (Å²) in [4.78, 5) is 13.3. The first-order valence-corrected chi connectivity index (χ1v) is 8.93. The highest BCUT2D eigenvalue weighted by Gasteiger charge is 2.20. The van der Waals surface area contributed by atoms with Gasteiger partial charge in [-0.1, -0.05) is 26.0 Å². The topological polar surface area (TPSA) is 47.6 Å². The Morgan fingerprint density at radius 1 is 1.21 bits per heavy atom. The molecule has 0 spiro atoms. The van der Waals surface area contributed by atoms with Gasteiger partial charge < -0.3 is 14.8 Å². The van der Waals surface area contributed by atoms with E-state index in [9.17, 15) is 4.79 Å². The maximum Gasteiger partial charge on any atom is 0.244 e. The molecule has 2 heterocycles. The molecule has 1 aromatic carbocycles. The Hall–Kier alpha value is -2.27. The van der Waals surface area contributed by atoms with E-state index in [1.165, 1.54) is 0 Å². The lowest BCUT2D eigenvalue weighted by molar-refractivity contribution is -0.117. The predicted molar refractivity (Wildman–Crippen MR) is 96.5 cm³/mol. The van der Waals surface area contributed by atoms with E-state index < -0.39 is 0 Å². The van der Waals surface area contributed by atoms with Crippen molar-refractivity contribution < 1.29 is 14.3 Å². The molecule has 3 rings (SSSR count). The monoisotopic (exact) mass is 343 g/mol. The molecule has 1 aliphatic heterocycles. The van der Waals surface area contributed by atoms with Crippen LogP contribution in [-0.2, 0) is 4.79 Å². The van der Waals surface area contributed by atoms with Crippen LogP contribution >= 0.6 is 11.3 Å². The minimum atomic E-state index is -0.100. The molecule has 0 saturated heterocycles. The van der Waals surface area contributed by atoms with Crippen LogP contribution in [0.25, 0.3) is 6.08 Å². The number of fused-ring (bicyclic) bond motifs is 1. The summed E-state index contributed by atoms with van der Waals surface area (Å²) in [6, 6.07) is 9.72. The maximum atomic E-state index is 12.3. The van der Waals surface area contributed by atoms with E-state index >= 15 is 0 Å². The molecule has 5 heteroatoms. The van der Waals surface area contributed by atoms with Crippen LogP contribution in [0.3, 0.4) is 0 Å². The molecule has 1 N–H and O–H groups in total. The van der Waals surface area contributed by atoms with Crippen LogP contribution < -0.4 is 14.8 Å². The number of amides is 1. The van der Waals surface area contributed by atoms with Gasteiger partial charge in [0, 0.05) is 11.0 Å². The zero-order chi connectivity index (χ0) is 16.9. The fourth-order valence-electron chi connectivity index (χ4n) is 2.63. The Morgan fingerprint density at radius 3 is 2.71 bits per heavy atom. The second-order valence-electron chi connectivity index (χ2n) is 5.98. The van der Waals surface area contributed by atoms with Crippen LogP contribution in [0.15, 0.2) is 41.8 Å². The first-order chi connectivity index (χ1) is 11.6. The Balaban J connectivity index is 1.73. The molecule has 0 saturated carbocycles. The largest absolute Gasteiger partial charge is 0.486 e. The molecule has 1 amide bonds. The molecule has 0 bridgehead atoms. The zero-order valence-electron chi connectivity index (χ0n) is 13.8. The van der Waals surface area contributed by atoms with Crippen LogP contribution in [0.4, 0.5) is 0 Å². The van der Waals surface area contributed by atoms with E-state index in [4.69, 9.17) is 9.47 Å². The molecule has 0 unspecified atom stereocenters. The average molecular weight is 343 g/mol. The Labute approximate surface area is 146 Å². The van der Waals surface area contributed by atoms with Crippen molar-refractivity contribution in [1.82, 2.24) is 5.32 Å². The Kier molecular flexibility index (Phi) is 5.20. The van der Waals surface area contributed by atoms with E-state index in [1.807, 2.05) is 41.8 Å². The molecular formula is C19H21NO3S. The molecule has 0 aliphatic carbocycles. The predicted octanol–water partition coefficient (Wildman–Crippen LogP) is 4.05. The number of rotatable bonds is 5. The number of ether oxygens (including phenoxy) is 2. The molecular weight excluding hydrogens is 322 g/mol. The second-order valence-corrected chi connectivity index (χ2v) is 6.96. The van der Waals surface area contributed by atoms with Crippen molar-refractivity contribution in [3.8, 4) is 11.5 Å². The van der Waals surface area contributed by atoms with Crippen LogP contribution in [0, 0.1) is 5.92 Å². The van der Waals surface area contributed by atoms with Gasteiger partial charge in [0.25, 0.3) is 0 Å². The number of carbonyl (C=O) groups is 1. The smallest absolute Gasteiger partial charge is 0.244 e. The lowest BCUT2D eigenvalue weighted by Crippen LogP contribution is -2.30. The van der Waals surface area contributed by atoms with Crippen molar-refractivity contribution in [3.63, 3.8) is 0 Å². The highest BCUT2D eigenvalue weighted by molar-refractivity contribution is 7.10. The molecule has 1 atom stereocenters. The van der Waals surface area contributed by atoms with Crippen molar-refractivity contribution in [3.05, 3.63) is 52.2 Å². The first kappa shape index (κ1) is 16.6. The third kappa shape index (κ3) is 3.97. The van der Waals surface area contributed by atoms with Gasteiger partial charge in [-0.3, -0.25) is 4.79 Å². The standard InChI is InChI=1S/C19H21NO3S/c1-13(2)19(20-18(21)8-6-15-4-3-11-24-15)14-5-7-16-17(12-14)23-10-9-22-16/h3-8,11-13,19H,9-10H2,1-2H3,(H,20,21)/b8-6-/t19-/m1/s1. The molecule has 2 aromatic rings. The van der Waals surface area contributed by atoms with Gasteiger partial charge in [-0.15, -0.1) is 11.3 Å². The van der Waals surface area contributed by atoms with E-state index in [2.05, 4.69) is 19.2 Å². The second kappa shape index (κ2) is 7.53. The van der Waals surface area contributed by atoms with E-state index in [1.54, 1.807) is 17.4 Å². The van der Waals surface area contributed by atoms with Crippen LogP contribution in [0.2, 0.25) is 0 Å². The summed E-state index contributed by atoms with van der Waals surface area (Å²) in [5.41, 5.74) is 1.02. The van der Waals surface area contributed by atoms with Gasteiger partial charge in [0.2, 0.25) is 5.91 Å². The van der Waals surface area contributed by atoms with E-state index in [-0.39, 0.29) is 17.9 Å². The average Bonchev–Trinajstić information content (AvgIpc) is 3.10. The van der Waals surface area contributed by atoms with Gasteiger partial charge in [0.05, 0.1) is 6.04 Å².